The van der Waals surface area contributed by atoms with Gasteiger partial charge in [-0.2, -0.15) is 0 Å². The third-order valence-corrected chi connectivity index (χ3v) is 3.07. The Morgan fingerprint density at radius 2 is 1.95 bits per heavy atom. The van der Waals surface area contributed by atoms with Gasteiger partial charge in [-0.1, -0.05) is 24.3 Å². The van der Waals surface area contributed by atoms with Gasteiger partial charge in [0, 0.05) is 18.7 Å². The maximum atomic E-state index is 12.8. The molecule has 0 aliphatic carbocycles. The zero-order valence-electron chi connectivity index (χ0n) is 11.6. The summed E-state index contributed by atoms with van der Waals surface area (Å²) in [6.07, 6.45) is 2.87. The van der Waals surface area contributed by atoms with Gasteiger partial charge in [-0.25, -0.2) is 9.37 Å². The monoisotopic (exact) mass is 296 g/mol. The Morgan fingerprint density at radius 1 is 1.18 bits per heavy atom. The first-order valence-corrected chi connectivity index (χ1v) is 6.77. The molecule has 0 unspecified atom stereocenters. The first-order valence-electron chi connectivity index (χ1n) is 6.77. The zero-order chi connectivity index (χ0) is 15.4. The van der Waals surface area contributed by atoms with Crippen molar-refractivity contribution in [1.82, 2.24) is 10.3 Å². The summed E-state index contributed by atoms with van der Waals surface area (Å²) >= 11 is 0. The number of fused-ring (bicyclic) bond motifs is 1. The second-order valence-corrected chi connectivity index (χ2v) is 4.70. The van der Waals surface area contributed by atoms with E-state index in [1.54, 1.807) is 12.1 Å². The quantitative estimate of drug-likeness (QED) is 0.752. The van der Waals surface area contributed by atoms with E-state index >= 15 is 0 Å². The predicted octanol–water partition coefficient (Wildman–Crippen LogP) is 3.30. The highest BCUT2D eigenvalue weighted by Crippen LogP contribution is 2.15. The summed E-state index contributed by atoms with van der Waals surface area (Å²) in [5, 5.41) is 2.70. The minimum absolute atomic E-state index is 0.272. The first-order chi connectivity index (χ1) is 10.7. The second-order valence-electron chi connectivity index (χ2n) is 4.70. The van der Waals surface area contributed by atoms with Crippen molar-refractivity contribution in [2.45, 2.75) is 6.54 Å². The Kier molecular flexibility index (Phi) is 3.96. The summed E-state index contributed by atoms with van der Waals surface area (Å²) in [7, 11) is 0. The number of nitrogens with one attached hydrogen (secondary N) is 1. The van der Waals surface area contributed by atoms with Crippen LogP contribution < -0.4 is 5.32 Å². The maximum Gasteiger partial charge on any atom is 0.244 e. The van der Waals surface area contributed by atoms with Gasteiger partial charge in [0.25, 0.3) is 0 Å². The SMILES string of the molecule is O=C(/C=C/c1nc2ccccc2o1)NCc1ccc(F)cc1. The van der Waals surface area contributed by atoms with Gasteiger partial charge in [-0.05, 0) is 29.8 Å². The summed E-state index contributed by atoms with van der Waals surface area (Å²) in [4.78, 5) is 16.0. The highest BCUT2D eigenvalue weighted by Gasteiger charge is 2.02. The van der Waals surface area contributed by atoms with E-state index < -0.39 is 0 Å². The van der Waals surface area contributed by atoms with Crippen LogP contribution >= 0.6 is 0 Å². The van der Waals surface area contributed by atoms with E-state index in [9.17, 15) is 9.18 Å². The van der Waals surface area contributed by atoms with E-state index in [4.69, 9.17) is 4.42 Å². The smallest absolute Gasteiger partial charge is 0.244 e. The molecule has 1 amide bonds. The number of para-hydroxylation sites is 2. The van der Waals surface area contributed by atoms with Gasteiger partial charge >= 0.3 is 0 Å². The predicted molar refractivity (Wildman–Crippen MR) is 81.3 cm³/mol. The fourth-order valence-electron chi connectivity index (χ4n) is 1.96. The molecule has 0 aliphatic rings. The van der Waals surface area contributed by atoms with E-state index in [0.29, 0.717) is 18.0 Å². The standard InChI is InChI=1S/C17H13FN2O2/c18-13-7-5-12(6-8-13)11-19-16(21)9-10-17-20-14-3-1-2-4-15(14)22-17/h1-10H,11H2,(H,19,21)/b10-9+. The first kappa shape index (κ1) is 14.0. The largest absolute Gasteiger partial charge is 0.437 e. The fourth-order valence-corrected chi connectivity index (χ4v) is 1.96. The molecule has 3 aromatic rings. The number of halogens is 1. The molecule has 110 valence electrons. The molecule has 0 fully saturated rings. The van der Waals surface area contributed by atoms with E-state index in [1.165, 1.54) is 24.3 Å². The number of amides is 1. The van der Waals surface area contributed by atoms with Crippen LogP contribution in [-0.2, 0) is 11.3 Å². The van der Waals surface area contributed by atoms with Gasteiger partial charge in [-0.3, -0.25) is 4.79 Å². The van der Waals surface area contributed by atoms with Crippen LogP contribution in [0.3, 0.4) is 0 Å². The fraction of sp³-hybridized carbons (Fsp3) is 0.0588. The third-order valence-electron chi connectivity index (χ3n) is 3.07. The molecule has 0 bridgehead atoms. The number of carbonyl (C=O) groups is 1. The van der Waals surface area contributed by atoms with E-state index in [2.05, 4.69) is 10.3 Å². The average molecular weight is 296 g/mol. The second kappa shape index (κ2) is 6.22. The normalized spacial score (nSPS) is 11.1. The van der Waals surface area contributed by atoms with Gasteiger partial charge in [-0.15, -0.1) is 0 Å². The third kappa shape index (κ3) is 3.38. The van der Waals surface area contributed by atoms with Crippen molar-refractivity contribution in [1.29, 1.82) is 0 Å². The lowest BCUT2D eigenvalue weighted by Gasteiger charge is -2.01. The highest BCUT2D eigenvalue weighted by atomic mass is 19.1. The number of nitrogens with zero attached hydrogens (tertiary/aromatic N) is 1. The van der Waals surface area contributed by atoms with Crippen molar-refractivity contribution in [3.8, 4) is 0 Å². The van der Waals surface area contributed by atoms with Crippen LogP contribution in [0.1, 0.15) is 11.5 Å². The molecular weight excluding hydrogens is 283 g/mol. The highest BCUT2D eigenvalue weighted by molar-refractivity contribution is 5.91. The number of hydrogen-bond donors (Lipinski definition) is 1. The van der Waals surface area contributed by atoms with Crippen LogP contribution in [0.4, 0.5) is 4.39 Å². The maximum absolute atomic E-state index is 12.8. The number of rotatable bonds is 4. The molecule has 2 aromatic carbocycles. The molecular formula is C17H13FN2O2. The minimum atomic E-state index is -0.300. The molecule has 0 saturated carbocycles. The van der Waals surface area contributed by atoms with Crippen LogP contribution in [0.15, 0.2) is 59.0 Å². The molecule has 22 heavy (non-hydrogen) atoms. The minimum Gasteiger partial charge on any atom is -0.437 e. The molecule has 0 aliphatic heterocycles. The van der Waals surface area contributed by atoms with E-state index in [-0.39, 0.29) is 11.7 Å². The number of oxazole rings is 1. The molecule has 0 saturated heterocycles. The molecule has 0 radical (unpaired) electrons. The van der Waals surface area contributed by atoms with Gasteiger partial charge in [0.05, 0.1) is 0 Å². The van der Waals surface area contributed by atoms with Gasteiger partial charge in [0.1, 0.15) is 11.3 Å². The Balaban J connectivity index is 1.59. The topological polar surface area (TPSA) is 55.1 Å². The van der Waals surface area contributed by atoms with Gasteiger partial charge in [0.15, 0.2) is 5.58 Å². The Hall–Kier alpha value is -2.95. The van der Waals surface area contributed by atoms with Gasteiger partial charge in [0.2, 0.25) is 11.8 Å². The summed E-state index contributed by atoms with van der Waals surface area (Å²) in [5.41, 5.74) is 2.24. The summed E-state index contributed by atoms with van der Waals surface area (Å²) in [5.74, 6) is -0.198. The van der Waals surface area contributed by atoms with Crippen molar-refractivity contribution < 1.29 is 13.6 Å². The summed E-state index contributed by atoms with van der Waals surface area (Å²) < 4.78 is 18.2. The summed E-state index contributed by atoms with van der Waals surface area (Å²) in [6.45, 7) is 0.330. The molecule has 1 aromatic heterocycles. The van der Waals surface area contributed by atoms with Crippen LogP contribution in [0.2, 0.25) is 0 Å². The Labute approximate surface area is 126 Å². The lowest BCUT2D eigenvalue weighted by Crippen LogP contribution is -2.20. The number of benzene rings is 2. The number of carbonyl (C=O) groups excluding carboxylic acids is 1. The molecule has 5 heteroatoms. The lowest BCUT2D eigenvalue weighted by molar-refractivity contribution is -0.116. The molecule has 3 rings (SSSR count). The van der Waals surface area contributed by atoms with E-state index in [0.717, 1.165) is 11.1 Å². The van der Waals surface area contributed by atoms with Crippen molar-refractivity contribution >= 4 is 23.1 Å². The Bertz CT molecular complexity index is 789. The van der Waals surface area contributed by atoms with Crippen molar-refractivity contribution in [2.75, 3.05) is 0 Å². The lowest BCUT2D eigenvalue weighted by atomic mass is 10.2. The molecule has 4 nitrogen and oxygen atoms in total. The molecule has 1 N–H and O–H groups in total. The zero-order valence-corrected chi connectivity index (χ0v) is 11.6. The van der Waals surface area contributed by atoms with Crippen molar-refractivity contribution in [3.05, 3.63) is 71.9 Å². The van der Waals surface area contributed by atoms with Crippen molar-refractivity contribution in [3.63, 3.8) is 0 Å². The number of hydrogen-bond acceptors (Lipinski definition) is 3. The van der Waals surface area contributed by atoms with E-state index in [1.807, 2.05) is 24.3 Å². The van der Waals surface area contributed by atoms with Crippen LogP contribution in [0.25, 0.3) is 17.2 Å². The molecule has 0 spiro atoms. The molecule has 1 heterocycles. The van der Waals surface area contributed by atoms with Crippen LogP contribution in [-0.4, -0.2) is 10.9 Å². The average Bonchev–Trinajstić information content (AvgIpc) is 2.95. The molecule has 0 atom stereocenters. The van der Waals surface area contributed by atoms with Gasteiger partial charge < -0.3 is 9.73 Å². The summed E-state index contributed by atoms with van der Waals surface area (Å²) in [6, 6.07) is 13.3. The number of aromatic nitrogens is 1. The van der Waals surface area contributed by atoms with Crippen LogP contribution in [0, 0.1) is 5.82 Å². The van der Waals surface area contributed by atoms with Crippen molar-refractivity contribution in [2.24, 2.45) is 0 Å². The van der Waals surface area contributed by atoms with Crippen LogP contribution in [0.5, 0.6) is 0 Å². The Morgan fingerprint density at radius 3 is 2.73 bits per heavy atom.